The predicted octanol–water partition coefficient (Wildman–Crippen LogP) is 6.16. The van der Waals surface area contributed by atoms with Gasteiger partial charge in [-0.15, -0.1) is 0 Å². The topological polar surface area (TPSA) is 40.5 Å². The van der Waals surface area contributed by atoms with Crippen LogP contribution < -0.4 is 0 Å². The molecule has 0 aliphatic carbocycles. The van der Waals surface area contributed by atoms with Gasteiger partial charge in [0.15, 0.2) is 0 Å². The second-order valence-corrected chi connectivity index (χ2v) is 7.81. The van der Waals surface area contributed by atoms with Crippen molar-refractivity contribution in [2.24, 2.45) is 0 Å². The van der Waals surface area contributed by atoms with Gasteiger partial charge in [-0.25, -0.2) is 0 Å². The molecule has 4 aromatic carbocycles. The molecule has 144 valence electrons. The second kappa shape index (κ2) is 9.10. The second-order valence-electron chi connectivity index (χ2n) is 6.72. The minimum atomic E-state index is 0.00956. The van der Waals surface area contributed by atoms with E-state index in [4.69, 9.17) is 0 Å². The van der Waals surface area contributed by atoms with E-state index in [9.17, 15) is 10.2 Å². The Labute approximate surface area is 175 Å². The van der Waals surface area contributed by atoms with Crippen molar-refractivity contribution in [1.82, 2.24) is 0 Å². The zero-order valence-corrected chi connectivity index (χ0v) is 16.8. The van der Waals surface area contributed by atoms with Crippen molar-refractivity contribution in [1.29, 1.82) is 0 Å². The largest absolute Gasteiger partial charge is 0.392 e. The van der Waals surface area contributed by atoms with E-state index in [2.05, 4.69) is 36.4 Å². The molecule has 4 aromatic rings. The van der Waals surface area contributed by atoms with Crippen LogP contribution in [-0.2, 0) is 13.2 Å². The molecule has 0 heterocycles. The van der Waals surface area contributed by atoms with E-state index in [1.807, 2.05) is 60.7 Å². The lowest BCUT2D eigenvalue weighted by atomic mass is 10.00. The van der Waals surface area contributed by atoms with Gasteiger partial charge < -0.3 is 10.2 Å². The van der Waals surface area contributed by atoms with Crippen LogP contribution in [0.1, 0.15) is 11.1 Å². The summed E-state index contributed by atoms with van der Waals surface area (Å²) in [5.41, 5.74) is 6.14. The molecule has 3 heteroatoms. The molecule has 0 atom stereocenters. The van der Waals surface area contributed by atoms with Gasteiger partial charge in [-0.1, -0.05) is 96.7 Å². The maximum Gasteiger partial charge on any atom is 0.0687 e. The Hall–Kier alpha value is -2.85. The fourth-order valence-corrected chi connectivity index (χ4v) is 4.62. The maximum absolute atomic E-state index is 9.78. The summed E-state index contributed by atoms with van der Waals surface area (Å²) < 4.78 is 0. The number of aliphatic hydroxyl groups is 2. The number of hydrogen-bond acceptors (Lipinski definition) is 3. The van der Waals surface area contributed by atoms with Gasteiger partial charge in [-0.2, -0.15) is 0 Å². The normalized spacial score (nSPS) is 10.8. The van der Waals surface area contributed by atoms with Crippen molar-refractivity contribution in [3.8, 4) is 22.3 Å². The molecule has 2 N–H and O–H groups in total. The third-order valence-electron chi connectivity index (χ3n) is 4.95. The highest BCUT2D eigenvalue weighted by Gasteiger charge is 2.13. The first-order chi connectivity index (χ1) is 14.3. The fourth-order valence-electron chi connectivity index (χ4n) is 3.52. The van der Waals surface area contributed by atoms with E-state index >= 15 is 0 Å². The Morgan fingerprint density at radius 2 is 0.793 bits per heavy atom. The van der Waals surface area contributed by atoms with Crippen LogP contribution in [0, 0.1) is 0 Å². The van der Waals surface area contributed by atoms with E-state index in [1.165, 1.54) is 0 Å². The van der Waals surface area contributed by atoms with Crippen molar-refractivity contribution in [2.45, 2.75) is 23.0 Å². The van der Waals surface area contributed by atoms with Crippen molar-refractivity contribution in [3.05, 3.63) is 108 Å². The monoisotopic (exact) mass is 398 g/mol. The summed E-state index contributed by atoms with van der Waals surface area (Å²) in [6, 6.07) is 32.5. The van der Waals surface area contributed by atoms with Crippen LogP contribution in [0.25, 0.3) is 22.3 Å². The maximum atomic E-state index is 9.78. The number of hydrogen-bond donors (Lipinski definition) is 2. The first-order valence-electron chi connectivity index (χ1n) is 9.56. The van der Waals surface area contributed by atoms with E-state index in [0.717, 1.165) is 43.2 Å². The summed E-state index contributed by atoms with van der Waals surface area (Å²) in [5.74, 6) is 0. The molecular weight excluding hydrogens is 376 g/mol. The zero-order chi connectivity index (χ0) is 20.1. The van der Waals surface area contributed by atoms with Gasteiger partial charge in [0.2, 0.25) is 0 Å². The van der Waals surface area contributed by atoms with Gasteiger partial charge in [0, 0.05) is 9.79 Å². The standard InChI is InChI=1S/C26H22O2S/c27-17-19-9-1-3-11-21(19)23-13-5-7-15-25(23)29-26-16-8-6-14-24(26)22-12-4-2-10-20(22)18-28/h1-16,27-28H,17-18H2. The number of rotatable bonds is 6. The number of benzene rings is 4. The Balaban J connectivity index is 1.80. The third kappa shape index (κ3) is 4.13. The lowest BCUT2D eigenvalue weighted by molar-refractivity contribution is 0.282. The van der Waals surface area contributed by atoms with E-state index in [1.54, 1.807) is 11.8 Å². The van der Waals surface area contributed by atoms with Crippen molar-refractivity contribution in [3.63, 3.8) is 0 Å². The van der Waals surface area contributed by atoms with Gasteiger partial charge >= 0.3 is 0 Å². The molecule has 0 aliphatic heterocycles. The molecule has 0 aromatic heterocycles. The first-order valence-corrected chi connectivity index (χ1v) is 10.4. The van der Waals surface area contributed by atoms with Gasteiger partial charge in [0.25, 0.3) is 0 Å². The summed E-state index contributed by atoms with van der Waals surface area (Å²) in [7, 11) is 0. The minimum Gasteiger partial charge on any atom is -0.392 e. The van der Waals surface area contributed by atoms with Crippen LogP contribution in [0.5, 0.6) is 0 Å². The van der Waals surface area contributed by atoms with Crippen LogP contribution in [0.4, 0.5) is 0 Å². The summed E-state index contributed by atoms with van der Waals surface area (Å²) in [6.45, 7) is 0.0191. The molecular formula is C26H22O2S. The predicted molar refractivity (Wildman–Crippen MR) is 120 cm³/mol. The highest BCUT2D eigenvalue weighted by molar-refractivity contribution is 7.99. The van der Waals surface area contributed by atoms with Gasteiger partial charge in [-0.05, 0) is 45.5 Å². The molecule has 29 heavy (non-hydrogen) atoms. The minimum absolute atomic E-state index is 0.00956. The van der Waals surface area contributed by atoms with Crippen molar-refractivity contribution in [2.75, 3.05) is 0 Å². The first kappa shape index (κ1) is 19.5. The molecule has 0 unspecified atom stereocenters. The van der Waals surface area contributed by atoms with Crippen LogP contribution in [0.2, 0.25) is 0 Å². The Bertz CT molecular complexity index is 1030. The molecule has 0 spiro atoms. The lowest BCUT2D eigenvalue weighted by Crippen LogP contribution is -1.92. The Morgan fingerprint density at radius 3 is 1.21 bits per heavy atom. The molecule has 0 amide bonds. The van der Waals surface area contributed by atoms with Crippen molar-refractivity contribution >= 4 is 11.8 Å². The molecule has 4 rings (SSSR count). The summed E-state index contributed by atoms with van der Waals surface area (Å²) in [6.07, 6.45) is 0. The van der Waals surface area contributed by atoms with E-state index < -0.39 is 0 Å². The summed E-state index contributed by atoms with van der Waals surface area (Å²) >= 11 is 1.71. The third-order valence-corrected chi connectivity index (χ3v) is 6.10. The highest BCUT2D eigenvalue weighted by Crippen LogP contribution is 2.41. The molecule has 2 nitrogen and oxygen atoms in total. The van der Waals surface area contributed by atoms with Crippen LogP contribution >= 0.6 is 11.8 Å². The molecule has 0 bridgehead atoms. The zero-order valence-electron chi connectivity index (χ0n) is 16.0. The molecule has 0 aliphatic rings. The van der Waals surface area contributed by atoms with Crippen LogP contribution in [-0.4, -0.2) is 10.2 Å². The fraction of sp³-hybridized carbons (Fsp3) is 0.0769. The molecule has 0 saturated heterocycles. The Morgan fingerprint density at radius 1 is 0.448 bits per heavy atom. The van der Waals surface area contributed by atoms with Gasteiger partial charge in [-0.3, -0.25) is 0 Å². The van der Waals surface area contributed by atoms with Gasteiger partial charge in [0.05, 0.1) is 13.2 Å². The van der Waals surface area contributed by atoms with E-state index in [0.29, 0.717) is 0 Å². The quantitative estimate of drug-likeness (QED) is 0.409. The van der Waals surface area contributed by atoms with E-state index in [-0.39, 0.29) is 13.2 Å². The van der Waals surface area contributed by atoms with Crippen molar-refractivity contribution < 1.29 is 10.2 Å². The average molecular weight is 399 g/mol. The molecule has 0 saturated carbocycles. The Kier molecular flexibility index (Phi) is 6.11. The van der Waals surface area contributed by atoms with Gasteiger partial charge in [0.1, 0.15) is 0 Å². The van der Waals surface area contributed by atoms with Crippen LogP contribution in [0.3, 0.4) is 0 Å². The highest BCUT2D eigenvalue weighted by atomic mass is 32.2. The van der Waals surface area contributed by atoms with Crippen LogP contribution in [0.15, 0.2) is 107 Å². The number of aliphatic hydroxyl groups excluding tert-OH is 2. The summed E-state index contributed by atoms with van der Waals surface area (Å²) in [5, 5.41) is 19.6. The molecule has 0 radical (unpaired) electrons. The lowest BCUT2D eigenvalue weighted by Gasteiger charge is -2.16. The summed E-state index contributed by atoms with van der Waals surface area (Å²) in [4.78, 5) is 2.25. The average Bonchev–Trinajstić information content (AvgIpc) is 2.80. The molecule has 0 fully saturated rings. The smallest absolute Gasteiger partial charge is 0.0687 e. The SMILES string of the molecule is OCc1ccccc1-c1ccccc1Sc1ccccc1-c1ccccc1CO.